The topological polar surface area (TPSA) is 61.4 Å². The molecule has 6 rings (SSSR count). The van der Waals surface area contributed by atoms with Gasteiger partial charge in [0.05, 0.1) is 5.69 Å². The number of aryl methyl sites for hydroxylation is 2. The molecule has 2 aromatic carbocycles. The summed E-state index contributed by atoms with van der Waals surface area (Å²) in [5.74, 6) is 1.84. The summed E-state index contributed by atoms with van der Waals surface area (Å²) in [4.78, 5) is 26.9. The molecule has 3 aromatic rings. The first kappa shape index (κ1) is 23.5. The van der Waals surface area contributed by atoms with Crippen LogP contribution in [0.1, 0.15) is 46.2 Å². The summed E-state index contributed by atoms with van der Waals surface area (Å²) in [6.45, 7) is 6.81. The van der Waals surface area contributed by atoms with Crippen molar-refractivity contribution < 1.29 is 4.79 Å². The third-order valence-corrected chi connectivity index (χ3v) is 7.61. The fraction of sp³-hybridized carbons (Fsp3) is 0.414. The summed E-state index contributed by atoms with van der Waals surface area (Å²) in [5.41, 5.74) is 6.35. The molecule has 0 radical (unpaired) electrons. The van der Waals surface area contributed by atoms with Gasteiger partial charge in [0.15, 0.2) is 0 Å². The second kappa shape index (κ2) is 9.78. The van der Waals surface area contributed by atoms with E-state index in [-0.39, 0.29) is 5.91 Å². The summed E-state index contributed by atoms with van der Waals surface area (Å²) in [6.07, 6.45) is 2.28. The Balaban J connectivity index is 1.27. The Labute approximate surface area is 208 Å². The maximum atomic E-state index is 12.6. The van der Waals surface area contributed by atoms with Crippen molar-refractivity contribution in [3.05, 3.63) is 77.2 Å². The molecule has 1 aromatic heterocycles. The van der Waals surface area contributed by atoms with E-state index in [2.05, 4.69) is 59.5 Å². The number of benzene rings is 2. The molecule has 0 aliphatic carbocycles. The molecule has 0 spiro atoms. The van der Waals surface area contributed by atoms with Crippen LogP contribution in [0.2, 0.25) is 0 Å². The fourth-order valence-electron chi connectivity index (χ4n) is 5.56. The molecule has 1 amide bonds. The van der Waals surface area contributed by atoms with Crippen LogP contribution in [0.4, 0.5) is 5.69 Å². The molecular weight excluding hydrogens is 434 g/mol. The number of nitrogens with zero attached hydrogens (tertiary/aromatic N) is 4. The van der Waals surface area contributed by atoms with Crippen molar-refractivity contribution in [3.63, 3.8) is 0 Å². The second-order valence-electron chi connectivity index (χ2n) is 10.3. The molecule has 4 atom stereocenters. The van der Waals surface area contributed by atoms with Crippen LogP contribution in [-0.4, -0.2) is 60.5 Å². The van der Waals surface area contributed by atoms with Crippen LogP contribution in [0.3, 0.4) is 0 Å². The molecule has 3 aliphatic rings. The zero-order chi connectivity index (χ0) is 24.5. The van der Waals surface area contributed by atoms with Crippen LogP contribution in [0, 0.1) is 19.8 Å². The maximum Gasteiger partial charge on any atom is 0.251 e. The second-order valence-corrected chi connectivity index (χ2v) is 10.3. The molecule has 2 bridgehead atoms. The number of amides is 1. The van der Waals surface area contributed by atoms with Crippen LogP contribution >= 0.6 is 0 Å². The highest BCUT2D eigenvalue weighted by atomic mass is 16.1. The van der Waals surface area contributed by atoms with E-state index in [0.29, 0.717) is 24.4 Å². The molecule has 182 valence electrons. The normalized spacial score (nSPS) is 23.2. The number of hydrogen-bond donors (Lipinski definition) is 1. The average Bonchev–Trinajstić information content (AvgIpc) is 2.87. The van der Waals surface area contributed by atoms with Gasteiger partial charge in [0.25, 0.3) is 5.91 Å². The van der Waals surface area contributed by atoms with E-state index in [1.165, 1.54) is 12.1 Å². The van der Waals surface area contributed by atoms with Crippen molar-refractivity contribution in [1.82, 2.24) is 20.2 Å². The molecule has 6 heteroatoms. The Bertz CT molecular complexity index is 1190. The molecular formula is C29H35N5O. The molecule has 4 unspecified atom stereocenters. The Morgan fingerprint density at radius 3 is 2.46 bits per heavy atom. The molecule has 4 heterocycles. The van der Waals surface area contributed by atoms with Crippen molar-refractivity contribution in [2.75, 3.05) is 38.6 Å². The van der Waals surface area contributed by atoms with E-state index in [1.807, 2.05) is 38.1 Å². The summed E-state index contributed by atoms with van der Waals surface area (Å²) in [7, 11) is 4.10. The van der Waals surface area contributed by atoms with E-state index < -0.39 is 0 Å². The van der Waals surface area contributed by atoms with Gasteiger partial charge in [0, 0.05) is 61.7 Å². The van der Waals surface area contributed by atoms with Gasteiger partial charge in [-0.05, 0) is 69.5 Å². The number of anilines is 1. The lowest BCUT2D eigenvalue weighted by Crippen LogP contribution is -2.56. The Kier molecular flexibility index (Phi) is 6.56. The maximum absolute atomic E-state index is 12.6. The van der Waals surface area contributed by atoms with Crippen LogP contribution in [0.5, 0.6) is 0 Å². The zero-order valence-corrected chi connectivity index (χ0v) is 21.2. The quantitative estimate of drug-likeness (QED) is 0.579. The monoisotopic (exact) mass is 469 g/mol. The van der Waals surface area contributed by atoms with E-state index in [9.17, 15) is 4.79 Å². The predicted octanol–water partition coefficient (Wildman–Crippen LogP) is 4.43. The van der Waals surface area contributed by atoms with Gasteiger partial charge in [-0.2, -0.15) is 0 Å². The first-order valence-electron chi connectivity index (χ1n) is 12.6. The lowest BCUT2D eigenvalue weighted by Gasteiger charge is -2.49. The predicted molar refractivity (Wildman–Crippen MR) is 141 cm³/mol. The molecule has 3 saturated heterocycles. The summed E-state index contributed by atoms with van der Waals surface area (Å²) in [6, 6.07) is 18.9. The number of nitrogens with one attached hydrogen (secondary N) is 1. The van der Waals surface area contributed by atoms with E-state index in [1.54, 1.807) is 0 Å². The number of piperidine rings is 3. The van der Waals surface area contributed by atoms with E-state index in [4.69, 9.17) is 9.97 Å². The largest absolute Gasteiger partial charge is 0.378 e. The molecule has 3 aliphatic heterocycles. The smallest absolute Gasteiger partial charge is 0.251 e. The highest BCUT2D eigenvalue weighted by Gasteiger charge is 2.41. The van der Waals surface area contributed by atoms with Gasteiger partial charge in [-0.1, -0.05) is 29.8 Å². The first-order chi connectivity index (χ1) is 16.9. The van der Waals surface area contributed by atoms with E-state index >= 15 is 0 Å². The number of carbonyl (C=O) groups is 1. The van der Waals surface area contributed by atoms with Gasteiger partial charge in [-0.3, -0.25) is 9.69 Å². The van der Waals surface area contributed by atoms with Crippen molar-refractivity contribution in [1.29, 1.82) is 0 Å². The molecule has 0 saturated carbocycles. The highest BCUT2D eigenvalue weighted by Crippen LogP contribution is 2.41. The Hall–Kier alpha value is -3.25. The van der Waals surface area contributed by atoms with Crippen LogP contribution in [0.15, 0.2) is 54.6 Å². The number of aromatic nitrogens is 2. The lowest BCUT2D eigenvalue weighted by molar-refractivity contribution is 0.0290. The van der Waals surface area contributed by atoms with E-state index in [0.717, 1.165) is 53.4 Å². The Morgan fingerprint density at radius 2 is 1.80 bits per heavy atom. The number of hydrogen-bond acceptors (Lipinski definition) is 5. The minimum Gasteiger partial charge on any atom is -0.378 e. The van der Waals surface area contributed by atoms with Gasteiger partial charge >= 0.3 is 0 Å². The third kappa shape index (κ3) is 5.08. The molecule has 3 fully saturated rings. The van der Waals surface area contributed by atoms with Crippen molar-refractivity contribution in [2.24, 2.45) is 5.92 Å². The minimum atomic E-state index is 0.0144. The van der Waals surface area contributed by atoms with Gasteiger partial charge in [0.2, 0.25) is 0 Å². The number of fused-ring (bicyclic) bond motifs is 3. The van der Waals surface area contributed by atoms with Crippen LogP contribution < -0.4 is 10.2 Å². The molecule has 1 N–H and O–H groups in total. The number of rotatable bonds is 6. The SMILES string of the molecule is Cc1ccc(C(=O)NCC2CC3CCN2CC3c2cc(-c3ccc(N(C)C)cc3)nc(C)n2)cc1. The van der Waals surface area contributed by atoms with Crippen molar-refractivity contribution in [2.45, 2.75) is 38.6 Å². The van der Waals surface area contributed by atoms with Gasteiger partial charge in [0.1, 0.15) is 5.82 Å². The van der Waals surface area contributed by atoms with Crippen molar-refractivity contribution >= 4 is 11.6 Å². The Morgan fingerprint density at radius 1 is 1.06 bits per heavy atom. The third-order valence-electron chi connectivity index (χ3n) is 7.61. The summed E-state index contributed by atoms with van der Waals surface area (Å²) < 4.78 is 0. The standard InChI is InChI=1S/C29H35N5O/c1-19-5-7-22(8-6-19)29(35)30-17-25-15-23-13-14-34(25)18-26(23)28-16-27(31-20(2)32-28)21-9-11-24(12-10-21)33(3)4/h5-12,16,23,25-26H,13-15,17-18H2,1-4H3,(H,30,35). The van der Waals surface area contributed by atoms with Gasteiger partial charge < -0.3 is 10.2 Å². The van der Waals surface area contributed by atoms with Crippen LogP contribution in [-0.2, 0) is 0 Å². The minimum absolute atomic E-state index is 0.0144. The fourth-order valence-corrected chi connectivity index (χ4v) is 5.56. The summed E-state index contributed by atoms with van der Waals surface area (Å²) in [5, 5.41) is 3.17. The zero-order valence-electron chi connectivity index (χ0n) is 21.2. The summed E-state index contributed by atoms with van der Waals surface area (Å²) >= 11 is 0. The highest BCUT2D eigenvalue weighted by molar-refractivity contribution is 5.94. The average molecular weight is 470 g/mol. The van der Waals surface area contributed by atoms with Gasteiger partial charge in [-0.25, -0.2) is 9.97 Å². The first-order valence-corrected chi connectivity index (χ1v) is 12.6. The molecule has 35 heavy (non-hydrogen) atoms. The number of carbonyl (C=O) groups excluding carboxylic acids is 1. The lowest BCUT2D eigenvalue weighted by atomic mass is 9.74. The van der Waals surface area contributed by atoms with Crippen molar-refractivity contribution in [3.8, 4) is 11.3 Å². The van der Waals surface area contributed by atoms with Gasteiger partial charge in [-0.15, -0.1) is 0 Å². The van der Waals surface area contributed by atoms with Crippen LogP contribution in [0.25, 0.3) is 11.3 Å². The molecule has 6 nitrogen and oxygen atoms in total.